The number of aliphatic hydroxyl groups is 1. The van der Waals surface area contributed by atoms with Gasteiger partial charge in [-0.3, -0.25) is 0 Å². The molecule has 0 amide bonds. The fourth-order valence-corrected chi connectivity index (χ4v) is 2.46. The summed E-state index contributed by atoms with van der Waals surface area (Å²) in [5, 5.41) is 18.4. The lowest BCUT2D eigenvalue weighted by atomic mass is 10.0. The van der Waals surface area contributed by atoms with Gasteiger partial charge >= 0.3 is 5.97 Å². The van der Waals surface area contributed by atoms with Crippen LogP contribution in [0.5, 0.6) is 0 Å². The first-order chi connectivity index (χ1) is 8.11. The Morgan fingerprint density at radius 1 is 1.53 bits per heavy atom. The van der Waals surface area contributed by atoms with E-state index in [1.807, 2.05) is 12.3 Å². The van der Waals surface area contributed by atoms with Crippen molar-refractivity contribution in [2.24, 2.45) is 0 Å². The lowest BCUT2D eigenvalue weighted by Crippen LogP contribution is -2.12. The highest BCUT2D eigenvalue weighted by Crippen LogP contribution is 2.30. The SMILES string of the molecule is CSc1c(CCC=O)cccc1C(O)C(=O)O. The Morgan fingerprint density at radius 2 is 2.24 bits per heavy atom. The van der Waals surface area contributed by atoms with Gasteiger partial charge in [-0.05, 0) is 18.2 Å². The quantitative estimate of drug-likeness (QED) is 0.596. The number of aldehydes is 1. The highest BCUT2D eigenvalue weighted by atomic mass is 32.2. The zero-order chi connectivity index (χ0) is 12.8. The van der Waals surface area contributed by atoms with Gasteiger partial charge in [0.2, 0.25) is 0 Å². The summed E-state index contributed by atoms with van der Waals surface area (Å²) in [5.74, 6) is -1.27. The number of benzene rings is 1. The van der Waals surface area contributed by atoms with Crippen molar-refractivity contribution < 1.29 is 19.8 Å². The van der Waals surface area contributed by atoms with Gasteiger partial charge in [0.1, 0.15) is 6.29 Å². The van der Waals surface area contributed by atoms with Crippen molar-refractivity contribution in [3.05, 3.63) is 29.3 Å². The molecule has 0 saturated heterocycles. The third kappa shape index (κ3) is 3.31. The molecular formula is C12H14O4S. The van der Waals surface area contributed by atoms with Crippen molar-refractivity contribution >= 4 is 24.0 Å². The van der Waals surface area contributed by atoms with Crippen molar-refractivity contribution in [1.82, 2.24) is 0 Å². The number of hydrogen-bond donors (Lipinski definition) is 2. The second-order valence-electron chi connectivity index (χ2n) is 3.49. The fraction of sp³-hybridized carbons (Fsp3) is 0.333. The fourth-order valence-electron chi connectivity index (χ4n) is 1.61. The van der Waals surface area contributed by atoms with Crippen molar-refractivity contribution in [1.29, 1.82) is 0 Å². The molecule has 0 aliphatic carbocycles. The van der Waals surface area contributed by atoms with Crippen LogP contribution in [-0.2, 0) is 16.0 Å². The minimum Gasteiger partial charge on any atom is -0.479 e. The minimum absolute atomic E-state index is 0.383. The predicted octanol–water partition coefficient (Wildman–Crippen LogP) is 1.66. The minimum atomic E-state index is -1.52. The molecule has 0 aliphatic heterocycles. The summed E-state index contributed by atoms with van der Waals surface area (Å²) in [6.07, 6.45) is 2.07. The van der Waals surface area contributed by atoms with Crippen molar-refractivity contribution in [2.45, 2.75) is 23.8 Å². The van der Waals surface area contributed by atoms with Crippen LogP contribution in [-0.4, -0.2) is 28.7 Å². The molecule has 1 rings (SSSR count). The maximum absolute atomic E-state index is 10.8. The van der Waals surface area contributed by atoms with E-state index >= 15 is 0 Å². The molecule has 0 radical (unpaired) electrons. The molecule has 17 heavy (non-hydrogen) atoms. The van der Waals surface area contributed by atoms with E-state index < -0.39 is 12.1 Å². The van der Waals surface area contributed by atoms with Crippen LogP contribution in [0.2, 0.25) is 0 Å². The molecule has 0 aromatic heterocycles. The molecular weight excluding hydrogens is 240 g/mol. The number of thioether (sulfide) groups is 1. The van der Waals surface area contributed by atoms with E-state index in [9.17, 15) is 14.7 Å². The lowest BCUT2D eigenvalue weighted by Gasteiger charge is -2.14. The number of carbonyl (C=O) groups is 2. The molecule has 1 aromatic carbocycles. The number of rotatable bonds is 6. The largest absolute Gasteiger partial charge is 0.479 e. The molecule has 0 heterocycles. The van der Waals surface area contributed by atoms with E-state index in [1.54, 1.807) is 12.1 Å². The summed E-state index contributed by atoms with van der Waals surface area (Å²) in [7, 11) is 0. The molecule has 0 spiro atoms. The van der Waals surface area contributed by atoms with Crippen LogP contribution in [0.4, 0.5) is 0 Å². The summed E-state index contributed by atoms with van der Waals surface area (Å²) < 4.78 is 0. The van der Waals surface area contributed by atoms with Gasteiger partial charge < -0.3 is 15.0 Å². The first kappa shape index (κ1) is 13.7. The number of carbonyl (C=O) groups excluding carboxylic acids is 1. The molecule has 0 saturated carbocycles. The molecule has 2 N–H and O–H groups in total. The third-order valence-corrected chi connectivity index (χ3v) is 3.30. The van der Waals surface area contributed by atoms with E-state index in [2.05, 4.69) is 0 Å². The van der Waals surface area contributed by atoms with Gasteiger partial charge in [0.15, 0.2) is 6.10 Å². The molecule has 1 atom stereocenters. The lowest BCUT2D eigenvalue weighted by molar-refractivity contribution is -0.147. The Morgan fingerprint density at radius 3 is 2.76 bits per heavy atom. The number of aliphatic hydroxyl groups excluding tert-OH is 1. The van der Waals surface area contributed by atoms with Crippen LogP contribution < -0.4 is 0 Å². The van der Waals surface area contributed by atoms with Crippen LogP contribution in [0.15, 0.2) is 23.1 Å². The van der Waals surface area contributed by atoms with Crippen molar-refractivity contribution in [3.8, 4) is 0 Å². The Balaban J connectivity index is 3.13. The maximum Gasteiger partial charge on any atom is 0.337 e. The van der Waals surface area contributed by atoms with Crippen LogP contribution in [0.1, 0.15) is 23.7 Å². The molecule has 0 fully saturated rings. The zero-order valence-electron chi connectivity index (χ0n) is 9.42. The van der Waals surface area contributed by atoms with E-state index in [4.69, 9.17) is 5.11 Å². The average molecular weight is 254 g/mol. The summed E-state index contributed by atoms with van der Waals surface area (Å²) in [6.45, 7) is 0. The first-order valence-electron chi connectivity index (χ1n) is 5.12. The van der Waals surface area contributed by atoms with Gasteiger partial charge in [0.05, 0.1) is 0 Å². The standard InChI is InChI=1S/C12H14O4S/c1-17-11-8(5-3-7-13)4-2-6-9(11)10(14)12(15)16/h2,4,6-7,10,14H,3,5H2,1H3,(H,15,16). The van der Waals surface area contributed by atoms with Gasteiger partial charge in [-0.2, -0.15) is 0 Å². The summed E-state index contributed by atoms with van der Waals surface area (Å²) in [4.78, 5) is 21.9. The number of carboxylic acids is 1. The smallest absolute Gasteiger partial charge is 0.337 e. The van der Waals surface area contributed by atoms with E-state index in [1.165, 1.54) is 11.8 Å². The molecule has 0 bridgehead atoms. The van der Waals surface area contributed by atoms with Gasteiger partial charge in [-0.1, -0.05) is 18.2 Å². The number of aryl methyl sites for hydroxylation is 1. The van der Waals surface area contributed by atoms with Gasteiger partial charge in [-0.15, -0.1) is 11.8 Å². The Bertz CT molecular complexity index is 417. The summed E-state index contributed by atoms with van der Waals surface area (Å²) in [5.41, 5.74) is 1.27. The van der Waals surface area contributed by atoms with Crippen molar-refractivity contribution in [2.75, 3.05) is 6.26 Å². The predicted molar refractivity (Wildman–Crippen MR) is 65.2 cm³/mol. The highest BCUT2D eigenvalue weighted by Gasteiger charge is 2.20. The van der Waals surface area contributed by atoms with Crippen LogP contribution in [0.25, 0.3) is 0 Å². The second-order valence-corrected chi connectivity index (χ2v) is 4.30. The van der Waals surface area contributed by atoms with Crippen LogP contribution in [0, 0.1) is 0 Å². The number of aliphatic carboxylic acids is 1. The summed E-state index contributed by atoms with van der Waals surface area (Å²) in [6, 6.07) is 5.13. The molecule has 1 aromatic rings. The maximum atomic E-state index is 10.8. The molecule has 0 aliphatic rings. The molecule has 5 heteroatoms. The Labute approximate surface area is 104 Å². The number of hydrogen-bond acceptors (Lipinski definition) is 4. The first-order valence-corrected chi connectivity index (χ1v) is 6.34. The van der Waals surface area contributed by atoms with E-state index in [-0.39, 0.29) is 0 Å². The van der Waals surface area contributed by atoms with Crippen LogP contribution in [0.3, 0.4) is 0 Å². The third-order valence-electron chi connectivity index (χ3n) is 2.39. The Kier molecular flexibility index (Phi) is 5.18. The van der Waals surface area contributed by atoms with Gasteiger partial charge in [-0.25, -0.2) is 4.79 Å². The van der Waals surface area contributed by atoms with Gasteiger partial charge in [0.25, 0.3) is 0 Å². The van der Waals surface area contributed by atoms with E-state index in [0.29, 0.717) is 18.4 Å². The van der Waals surface area contributed by atoms with Crippen molar-refractivity contribution in [3.63, 3.8) is 0 Å². The normalized spacial score (nSPS) is 12.1. The van der Waals surface area contributed by atoms with E-state index in [0.717, 1.165) is 16.7 Å². The monoisotopic (exact) mass is 254 g/mol. The molecule has 4 nitrogen and oxygen atoms in total. The molecule has 1 unspecified atom stereocenters. The summed E-state index contributed by atoms with van der Waals surface area (Å²) >= 11 is 1.38. The molecule has 92 valence electrons. The highest BCUT2D eigenvalue weighted by molar-refractivity contribution is 7.98. The second kappa shape index (κ2) is 6.42. The zero-order valence-corrected chi connectivity index (χ0v) is 10.2. The Hall–Kier alpha value is -1.33. The topological polar surface area (TPSA) is 74.6 Å². The number of carboxylic acid groups (broad SMARTS) is 1. The van der Waals surface area contributed by atoms with Crippen LogP contribution >= 0.6 is 11.8 Å². The average Bonchev–Trinajstić information content (AvgIpc) is 2.34. The van der Waals surface area contributed by atoms with Gasteiger partial charge in [0, 0.05) is 16.9 Å².